The van der Waals surface area contributed by atoms with E-state index in [-0.39, 0.29) is 44.3 Å². The quantitative estimate of drug-likeness (QED) is 0.910. The molecule has 0 bridgehead atoms. The maximum atomic E-state index is 13.3. The molecule has 0 aliphatic carbocycles. The Balaban J connectivity index is 1.75. The van der Waals surface area contributed by atoms with Crippen molar-refractivity contribution >= 4 is 6.03 Å². The highest BCUT2D eigenvalue weighted by molar-refractivity contribution is 5.74. The Morgan fingerprint density at radius 2 is 1.90 bits per heavy atom. The van der Waals surface area contributed by atoms with Gasteiger partial charge in [-0.1, -0.05) is 18.2 Å². The summed E-state index contributed by atoms with van der Waals surface area (Å²) in [5.74, 6) is -2.97. The van der Waals surface area contributed by atoms with E-state index in [0.29, 0.717) is 12.0 Å². The molecule has 1 aromatic rings. The van der Waals surface area contributed by atoms with Gasteiger partial charge in [0, 0.05) is 32.5 Å². The van der Waals surface area contributed by atoms with Crippen molar-refractivity contribution in [1.82, 2.24) is 10.2 Å². The van der Waals surface area contributed by atoms with E-state index in [4.69, 9.17) is 0 Å². The third kappa shape index (κ3) is 3.88. The molecule has 0 aromatic heterocycles. The molecule has 2 amide bonds. The lowest BCUT2D eigenvalue weighted by molar-refractivity contribution is -0.0469. The van der Waals surface area contributed by atoms with Gasteiger partial charge in [-0.3, -0.25) is 0 Å². The van der Waals surface area contributed by atoms with E-state index in [0.717, 1.165) is 0 Å². The predicted molar refractivity (Wildman–Crippen MR) is 69.3 cm³/mol. The van der Waals surface area contributed by atoms with Crippen molar-refractivity contribution in [3.63, 3.8) is 0 Å². The number of hydrogen-bond donors (Lipinski definition) is 1. The number of alkyl halides is 2. The SMILES string of the molecule is O=C(NCCc1ccccc1F)N1CCC(F)(F)CC1. The number of nitrogens with zero attached hydrogens (tertiary/aromatic N) is 1. The zero-order chi connectivity index (χ0) is 14.6. The van der Waals surface area contributed by atoms with Crippen molar-refractivity contribution in [3.05, 3.63) is 35.6 Å². The van der Waals surface area contributed by atoms with Crippen LogP contribution in [0, 0.1) is 5.82 Å². The van der Waals surface area contributed by atoms with Crippen LogP contribution in [0.4, 0.5) is 18.0 Å². The fraction of sp³-hybridized carbons (Fsp3) is 0.500. The number of halogens is 3. The number of urea groups is 1. The van der Waals surface area contributed by atoms with Crippen molar-refractivity contribution in [3.8, 4) is 0 Å². The molecule has 110 valence electrons. The molecule has 0 saturated carbocycles. The molecule has 1 heterocycles. The molecule has 1 aliphatic heterocycles. The first kappa shape index (κ1) is 14.7. The summed E-state index contributed by atoms with van der Waals surface area (Å²) in [4.78, 5) is 13.1. The predicted octanol–water partition coefficient (Wildman–Crippen LogP) is 2.81. The van der Waals surface area contributed by atoms with Gasteiger partial charge in [0.1, 0.15) is 5.82 Å². The maximum Gasteiger partial charge on any atom is 0.317 e. The molecular formula is C14H17F3N2O. The molecule has 6 heteroatoms. The third-order valence-corrected chi connectivity index (χ3v) is 3.41. The monoisotopic (exact) mass is 286 g/mol. The summed E-state index contributed by atoms with van der Waals surface area (Å²) in [6.07, 6.45) is -0.218. The summed E-state index contributed by atoms with van der Waals surface area (Å²) in [5.41, 5.74) is 0.526. The van der Waals surface area contributed by atoms with E-state index < -0.39 is 5.92 Å². The molecule has 1 aliphatic rings. The maximum absolute atomic E-state index is 13.3. The van der Waals surface area contributed by atoms with Gasteiger partial charge in [-0.05, 0) is 18.1 Å². The minimum Gasteiger partial charge on any atom is -0.338 e. The molecular weight excluding hydrogens is 269 g/mol. The van der Waals surface area contributed by atoms with Crippen LogP contribution in [0.25, 0.3) is 0 Å². The second-order valence-corrected chi connectivity index (χ2v) is 4.92. The van der Waals surface area contributed by atoms with Crippen molar-refractivity contribution in [2.75, 3.05) is 19.6 Å². The highest BCUT2D eigenvalue weighted by atomic mass is 19.3. The van der Waals surface area contributed by atoms with Gasteiger partial charge in [0.15, 0.2) is 0 Å². The summed E-state index contributed by atoms with van der Waals surface area (Å²) in [6.45, 7) is 0.393. The second kappa shape index (κ2) is 6.15. The third-order valence-electron chi connectivity index (χ3n) is 3.41. The van der Waals surface area contributed by atoms with Crippen LogP contribution in [0.5, 0.6) is 0 Å². The molecule has 20 heavy (non-hydrogen) atoms. The molecule has 0 atom stereocenters. The van der Waals surface area contributed by atoms with Crippen LogP contribution in [0.3, 0.4) is 0 Å². The van der Waals surface area contributed by atoms with E-state index in [2.05, 4.69) is 5.32 Å². The van der Waals surface area contributed by atoms with Crippen molar-refractivity contribution in [2.45, 2.75) is 25.2 Å². The zero-order valence-corrected chi connectivity index (χ0v) is 11.0. The molecule has 3 nitrogen and oxygen atoms in total. The Kier molecular flexibility index (Phi) is 4.52. The Morgan fingerprint density at radius 3 is 2.55 bits per heavy atom. The first-order valence-electron chi connectivity index (χ1n) is 6.62. The van der Waals surface area contributed by atoms with Crippen LogP contribution in [0.2, 0.25) is 0 Å². The smallest absolute Gasteiger partial charge is 0.317 e. The van der Waals surface area contributed by atoms with Gasteiger partial charge in [0.2, 0.25) is 0 Å². The number of rotatable bonds is 3. The zero-order valence-electron chi connectivity index (χ0n) is 11.0. The first-order chi connectivity index (χ1) is 9.48. The summed E-state index contributed by atoms with van der Waals surface area (Å²) in [5, 5.41) is 2.63. The largest absolute Gasteiger partial charge is 0.338 e. The number of piperidine rings is 1. The Bertz CT molecular complexity index is 469. The van der Waals surface area contributed by atoms with Crippen molar-refractivity contribution in [1.29, 1.82) is 0 Å². The average molecular weight is 286 g/mol. The van der Waals surface area contributed by atoms with Gasteiger partial charge in [0.25, 0.3) is 5.92 Å². The minimum absolute atomic E-state index is 0.0541. The van der Waals surface area contributed by atoms with Crippen LogP contribution in [-0.2, 0) is 6.42 Å². The molecule has 1 fully saturated rings. The molecule has 0 radical (unpaired) electrons. The molecule has 0 spiro atoms. The van der Waals surface area contributed by atoms with Gasteiger partial charge in [-0.25, -0.2) is 18.0 Å². The van der Waals surface area contributed by atoms with Gasteiger partial charge in [0.05, 0.1) is 0 Å². The van der Waals surface area contributed by atoms with Crippen LogP contribution >= 0.6 is 0 Å². The van der Waals surface area contributed by atoms with Gasteiger partial charge >= 0.3 is 6.03 Å². The summed E-state index contributed by atoms with van der Waals surface area (Å²) in [6, 6.07) is 5.99. The fourth-order valence-electron chi connectivity index (χ4n) is 2.15. The Morgan fingerprint density at radius 1 is 1.25 bits per heavy atom. The molecule has 1 N–H and O–H groups in total. The van der Waals surface area contributed by atoms with Crippen LogP contribution in [0.15, 0.2) is 24.3 Å². The second-order valence-electron chi connectivity index (χ2n) is 4.92. The summed E-state index contributed by atoms with van der Waals surface area (Å²) < 4.78 is 39.3. The van der Waals surface area contributed by atoms with Gasteiger partial charge < -0.3 is 10.2 Å². The van der Waals surface area contributed by atoms with Gasteiger partial charge in [-0.15, -0.1) is 0 Å². The molecule has 1 aromatic carbocycles. The Labute approximate surface area is 115 Å². The highest BCUT2D eigenvalue weighted by Crippen LogP contribution is 2.27. The lowest BCUT2D eigenvalue weighted by Gasteiger charge is -2.31. The number of amides is 2. The summed E-state index contributed by atoms with van der Waals surface area (Å²) in [7, 11) is 0. The number of benzene rings is 1. The molecule has 2 rings (SSSR count). The first-order valence-corrected chi connectivity index (χ1v) is 6.62. The van der Waals surface area contributed by atoms with Gasteiger partial charge in [-0.2, -0.15) is 0 Å². The average Bonchev–Trinajstić information content (AvgIpc) is 2.40. The van der Waals surface area contributed by atoms with E-state index in [1.54, 1.807) is 18.2 Å². The van der Waals surface area contributed by atoms with Crippen LogP contribution in [-0.4, -0.2) is 36.5 Å². The number of carbonyl (C=O) groups is 1. The lowest BCUT2D eigenvalue weighted by Crippen LogP contribution is -2.47. The van der Waals surface area contributed by atoms with Crippen LogP contribution in [0.1, 0.15) is 18.4 Å². The standard InChI is InChI=1S/C14H17F3N2O/c15-12-4-2-1-3-11(12)5-8-18-13(20)19-9-6-14(16,17)7-10-19/h1-4H,5-10H2,(H,18,20). The fourth-order valence-corrected chi connectivity index (χ4v) is 2.15. The van der Waals surface area contributed by atoms with E-state index in [1.165, 1.54) is 11.0 Å². The van der Waals surface area contributed by atoms with E-state index in [9.17, 15) is 18.0 Å². The van der Waals surface area contributed by atoms with Crippen molar-refractivity contribution in [2.24, 2.45) is 0 Å². The van der Waals surface area contributed by atoms with E-state index >= 15 is 0 Å². The highest BCUT2D eigenvalue weighted by Gasteiger charge is 2.35. The molecule has 0 unspecified atom stereocenters. The number of carbonyl (C=O) groups excluding carboxylic acids is 1. The van der Waals surface area contributed by atoms with Crippen LogP contribution < -0.4 is 5.32 Å². The minimum atomic E-state index is -2.66. The number of likely N-dealkylation sites (tertiary alicyclic amines) is 1. The summed E-state index contributed by atoms with van der Waals surface area (Å²) >= 11 is 0. The molecule has 1 saturated heterocycles. The lowest BCUT2D eigenvalue weighted by atomic mass is 10.1. The number of nitrogens with one attached hydrogen (secondary N) is 1. The normalized spacial score (nSPS) is 17.9. The Hall–Kier alpha value is -1.72. The topological polar surface area (TPSA) is 32.3 Å². The van der Waals surface area contributed by atoms with Crippen molar-refractivity contribution < 1.29 is 18.0 Å². The van der Waals surface area contributed by atoms with E-state index in [1.807, 2.05) is 0 Å². The number of hydrogen-bond acceptors (Lipinski definition) is 1.